The number of hydrogen-bond donors (Lipinski definition) is 2. The fraction of sp³-hybridized carbons (Fsp3) is 0.513. The number of nitrogens with one attached hydrogen (secondary N) is 2. The number of likely N-dealkylation sites (tertiary alicyclic amines) is 1. The second-order valence-corrected chi connectivity index (χ2v) is 17.5. The van der Waals surface area contributed by atoms with Gasteiger partial charge < -0.3 is 19.5 Å². The zero-order valence-corrected chi connectivity index (χ0v) is 32.1. The molecule has 1 unspecified atom stereocenters. The van der Waals surface area contributed by atoms with Gasteiger partial charge in [0.25, 0.3) is 0 Å². The van der Waals surface area contributed by atoms with E-state index in [9.17, 15) is 36.0 Å². The molecule has 0 bridgehead atoms. The molecule has 2 aromatic carbocycles. The molecular formula is C39H45F3N8O6S. The van der Waals surface area contributed by atoms with Crippen molar-refractivity contribution < 1.29 is 35.6 Å². The van der Waals surface area contributed by atoms with Crippen molar-refractivity contribution in [3.63, 3.8) is 0 Å². The minimum atomic E-state index is -4.52. The Bertz CT molecular complexity index is 2270. The van der Waals surface area contributed by atoms with E-state index < -0.39 is 39.5 Å². The molecule has 4 aliphatic rings. The quantitative estimate of drug-likeness (QED) is 0.225. The molecule has 0 spiro atoms. The van der Waals surface area contributed by atoms with Gasteiger partial charge in [-0.2, -0.15) is 17.5 Å². The number of imide groups is 1. The third-order valence-electron chi connectivity index (χ3n) is 11.9. The van der Waals surface area contributed by atoms with Crippen LogP contribution in [-0.2, 0) is 25.8 Å². The minimum absolute atomic E-state index is 0.0779. The normalized spacial score (nSPS) is 21.6. The summed E-state index contributed by atoms with van der Waals surface area (Å²) < 4.78 is 74.5. The van der Waals surface area contributed by atoms with Crippen LogP contribution in [0, 0.1) is 5.92 Å². The number of amides is 2. The highest BCUT2D eigenvalue weighted by Crippen LogP contribution is 2.36. The fourth-order valence-corrected chi connectivity index (χ4v) is 10.3. The zero-order chi connectivity index (χ0) is 39.9. The Balaban J connectivity index is 0.814. The molecule has 0 aliphatic carbocycles. The highest BCUT2D eigenvalue weighted by atomic mass is 32.2. The lowest BCUT2D eigenvalue weighted by Crippen LogP contribution is -2.43. The van der Waals surface area contributed by atoms with Gasteiger partial charge in [0.15, 0.2) is 5.58 Å². The highest BCUT2D eigenvalue weighted by molar-refractivity contribution is 7.89. The first-order valence-corrected chi connectivity index (χ1v) is 21.0. The number of sulfonamides is 1. The maximum atomic E-state index is 13.7. The Morgan fingerprint density at radius 3 is 2.25 bits per heavy atom. The molecule has 304 valence electrons. The molecule has 4 aromatic rings. The van der Waals surface area contributed by atoms with Gasteiger partial charge in [-0.05, 0) is 94.1 Å². The van der Waals surface area contributed by atoms with Crippen molar-refractivity contribution in [1.29, 1.82) is 0 Å². The molecule has 8 rings (SSSR count). The number of anilines is 2. The number of benzene rings is 2. The number of halogens is 3. The molecule has 2 amide bonds. The highest BCUT2D eigenvalue weighted by Gasteiger charge is 2.35. The zero-order valence-electron chi connectivity index (χ0n) is 31.3. The molecule has 2 aromatic heterocycles. The lowest BCUT2D eigenvalue weighted by Gasteiger charge is -2.38. The van der Waals surface area contributed by atoms with Gasteiger partial charge in [-0.3, -0.25) is 19.5 Å². The third kappa shape index (κ3) is 8.30. The van der Waals surface area contributed by atoms with Crippen molar-refractivity contribution in [3.05, 3.63) is 76.5 Å². The summed E-state index contributed by atoms with van der Waals surface area (Å²) in [7, 11) is -3.75. The summed E-state index contributed by atoms with van der Waals surface area (Å²) in [6, 6.07) is 11.9. The number of hydrogen-bond acceptors (Lipinski definition) is 11. The first-order chi connectivity index (χ1) is 27.3. The number of aromatic nitrogens is 3. The van der Waals surface area contributed by atoms with E-state index in [1.165, 1.54) is 8.87 Å². The van der Waals surface area contributed by atoms with Gasteiger partial charge in [-0.15, -0.1) is 0 Å². The average molecular weight is 811 g/mol. The summed E-state index contributed by atoms with van der Waals surface area (Å²) in [5.74, 6) is -0.614. The molecule has 4 aliphatic heterocycles. The first kappa shape index (κ1) is 39.0. The number of oxazole rings is 1. The van der Waals surface area contributed by atoms with E-state index in [4.69, 9.17) is 4.42 Å². The fourth-order valence-electron chi connectivity index (χ4n) is 8.75. The minimum Gasteiger partial charge on any atom is -0.407 e. The molecule has 4 fully saturated rings. The maximum absolute atomic E-state index is 13.7. The van der Waals surface area contributed by atoms with Crippen LogP contribution >= 0.6 is 0 Å². The van der Waals surface area contributed by atoms with Crippen LogP contribution in [0.3, 0.4) is 0 Å². The van der Waals surface area contributed by atoms with Crippen molar-refractivity contribution in [2.75, 3.05) is 56.0 Å². The summed E-state index contributed by atoms with van der Waals surface area (Å²) in [6.07, 6.45) is 2.09. The van der Waals surface area contributed by atoms with Crippen LogP contribution in [0.5, 0.6) is 0 Å². The molecule has 0 radical (unpaired) electrons. The topological polar surface area (TPSA) is 163 Å². The van der Waals surface area contributed by atoms with Crippen LogP contribution in [0.15, 0.2) is 69.0 Å². The van der Waals surface area contributed by atoms with Gasteiger partial charge in [-0.25, -0.2) is 23.2 Å². The summed E-state index contributed by atoms with van der Waals surface area (Å²) in [4.78, 5) is 49.7. The second-order valence-electron chi connectivity index (χ2n) is 15.5. The van der Waals surface area contributed by atoms with Gasteiger partial charge in [0.05, 0.1) is 16.0 Å². The van der Waals surface area contributed by atoms with E-state index in [1.807, 2.05) is 18.2 Å². The Kier molecular flexibility index (Phi) is 10.9. The second kappa shape index (κ2) is 15.9. The Morgan fingerprint density at radius 1 is 0.860 bits per heavy atom. The van der Waals surface area contributed by atoms with Gasteiger partial charge in [-0.1, -0.05) is 18.2 Å². The van der Waals surface area contributed by atoms with Gasteiger partial charge in [0, 0.05) is 68.8 Å². The van der Waals surface area contributed by atoms with Crippen molar-refractivity contribution in [3.8, 4) is 0 Å². The largest absolute Gasteiger partial charge is 0.420 e. The third-order valence-corrected chi connectivity index (χ3v) is 13.8. The van der Waals surface area contributed by atoms with Gasteiger partial charge in [0.1, 0.15) is 6.04 Å². The van der Waals surface area contributed by atoms with Crippen LogP contribution in [0.25, 0.3) is 11.1 Å². The molecule has 14 nitrogen and oxygen atoms in total. The van der Waals surface area contributed by atoms with Crippen LogP contribution < -0.4 is 21.3 Å². The molecule has 1 atom stereocenters. The monoisotopic (exact) mass is 810 g/mol. The molecule has 0 saturated carbocycles. The smallest absolute Gasteiger partial charge is 0.407 e. The number of carbonyl (C=O) groups excluding carboxylic acids is 2. The molecule has 4 saturated heterocycles. The van der Waals surface area contributed by atoms with E-state index in [0.29, 0.717) is 29.9 Å². The average Bonchev–Trinajstić information content (AvgIpc) is 3.54. The number of nitrogens with zero attached hydrogens (tertiary/aromatic N) is 6. The van der Waals surface area contributed by atoms with Crippen molar-refractivity contribution >= 4 is 44.6 Å². The summed E-state index contributed by atoms with van der Waals surface area (Å²) in [6.45, 7) is 4.97. The molecule has 6 heterocycles. The SMILES string of the molecule is O=C1CCC(n2c(=O)oc3c(C4CCN(CC5CCN(c6cccc(S(=O)(=O)N7CCC(Nc8ncc(C(F)(F)F)cn8)CC7)c6)CC5)CC4)cccc32)C(=O)N1. The molecule has 2 N–H and O–H groups in total. The first-order valence-electron chi connectivity index (χ1n) is 19.5. The molecular weight excluding hydrogens is 766 g/mol. The number of carbonyl (C=O) groups is 2. The lowest BCUT2D eigenvalue weighted by atomic mass is 9.87. The number of fused-ring (bicyclic) bond motifs is 1. The molecule has 18 heteroatoms. The predicted molar refractivity (Wildman–Crippen MR) is 204 cm³/mol. The van der Waals surface area contributed by atoms with Crippen molar-refractivity contribution in [2.45, 2.75) is 80.4 Å². The molecule has 57 heavy (non-hydrogen) atoms. The van der Waals surface area contributed by atoms with Crippen LogP contribution in [0.2, 0.25) is 0 Å². The lowest BCUT2D eigenvalue weighted by molar-refractivity contribution is -0.138. The van der Waals surface area contributed by atoms with Gasteiger partial charge in [0.2, 0.25) is 27.8 Å². The summed E-state index contributed by atoms with van der Waals surface area (Å²) in [5.41, 5.74) is 2.01. The van der Waals surface area contributed by atoms with Gasteiger partial charge >= 0.3 is 11.9 Å². The Labute approximate surface area is 327 Å². The number of piperidine rings is 4. The standard InChI is InChI=1S/C39H45F3N8O6S/c40-39(41,42)27-22-43-37(44-23-27)45-28-13-19-49(20-14-28)57(54,55)30-4-1-3-29(21-30)48-17-9-25(10-18-48)24-47-15-11-26(12-16-47)31-5-2-6-32-35(31)56-38(53)50(32)33-7-8-34(51)46-36(33)52/h1-6,21-23,25-26,28,33H,7-20,24H2,(H,43,44,45)(H,46,51,52). The van der Waals surface area contributed by atoms with Crippen LogP contribution in [0.1, 0.15) is 74.5 Å². The predicted octanol–water partition coefficient (Wildman–Crippen LogP) is 4.74. The van der Waals surface area contributed by atoms with E-state index in [-0.39, 0.29) is 54.6 Å². The van der Waals surface area contributed by atoms with E-state index in [2.05, 4.69) is 30.4 Å². The van der Waals surface area contributed by atoms with Crippen LogP contribution in [-0.4, -0.2) is 95.8 Å². The van der Waals surface area contributed by atoms with E-state index >= 15 is 0 Å². The number of alkyl halides is 3. The van der Waals surface area contributed by atoms with Crippen molar-refractivity contribution in [2.24, 2.45) is 5.92 Å². The van der Waals surface area contributed by atoms with Crippen molar-refractivity contribution in [1.82, 2.24) is 29.1 Å². The number of rotatable bonds is 9. The number of para-hydroxylation sites is 1. The Hall–Kier alpha value is -4.81. The van der Waals surface area contributed by atoms with Crippen LogP contribution in [0.4, 0.5) is 24.8 Å². The van der Waals surface area contributed by atoms with E-state index in [0.717, 1.165) is 82.1 Å². The summed E-state index contributed by atoms with van der Waals surface area (Å²) >= 11 is 0. The maximum Gasteiger partial charge on any atom is 0.420 e. The van der Waals surface area contributed by atoms with E-state index in [1.54, 1.807) is 24.3 Å². The Morgan fingerprint density at radius 2 is 1.56 bits per heavy atom. The summed E-state index contributed by atoms with van der Waals surface area (Å²) in [5, 5.41) is 5.36.